The average Bonchev–Trinajstić information content (AvgIpc) is 2.67. The summed E-state index contributed by atoms with van der Waals surface area (Å²) in [5, 5.41) is 1.61. The molecule has 3 rings (SSSR count). The van der Waals surface area contributed by atoms with Gasteiger partial charge in [0.25, 0.3) is 0 Å². The van der Waals surface area contributed by atoms with E-state index in [4.69, 9.17) is 5.84 Å². The highest BCUT2D eigenvalue weighted by molar-refractivity contribution is 5.59. The molecule has 0 amide bonds. The van der Waals surface area contributed by atoms with Crippen LogP contribution in [0.1, 0.15) is 17.2 Å². The van der Waals surface area contributed by atoms with Gasteiger partial charge in [-0.1, -0.05) is 12.1 Å². The molecule has 4 heteroatoms. The van der Waals surface area contributed by atoms with Gasteiger partial charge in [0.05, 0.1) is 11.7 Å². The number of rotatable bonds is 1. The number of hydrazine groups is 1. The monoisotopic (exact) mass is 246 g/mol. The van der Waals surface area contributed by atoms with Gasteiger partial charge < -0.3 is 5.01 Å². The van der Waals surface area contributed by atoms with E-state index >= 15 is 0 Å². The quantitative estimate of drug-likeness (QED) is 0.784. The largest absolute Gasteiger partial charge is 0.303 e. The Morgan fingerprint density at radius 2 is 1.67 bits per heavy atom. The molecule has 0 saturated heterocycles. The van der Waals surface area contributed by atoms with Crippen molar-refractivity contribution < 1.29 is 8.78 Å². The molecule has 2 N–H and O–H groups in total. The first kappa shape index (κ1) is 11.2. The van der Waals surface area contributed by atoms with Gasteiger partial charge in [0.1, 0.15) is 11.6 Å². The topological polar surface area (TPSA) is 29.3 Å². The molecular weight excluding hydrogens is 234 g/mol. The molecule has 0 saturated carbocycles. The van der Waals surface area contributed by atoms with E-state index in [9.17, 15) is 8.78 Å². The molecule has 0 radical (unpaired) electrons. The Hall–Kier alpha value is -1.94. The van der Waals surface area contributed by atoms with Crippen molar-refractivity contribution in [2.75, 3.05) is 5.01 Å². The first-order chi connectivity index (χ1) is 8.65. The van der Waals surface area contributed by atoms with Crippen LogP contribution < -0.4 is 10.9 Å². The van der Waals surface area contributed by atoms with E-state index in [0.29, 0.717) is 6.42 Å². The maximum absolute atomic E-state index is 13.2. The Morgan fingerprint density at radius 3 is 2.39 bits per heavy atom. The minimum absolute atomic E-state index is 0.0672. The third kappa shape index (κ3) is 1.75. The van der Waals surface area contributed by atoms with Crippen LogP contribution in [0.25, 0.3) is 0 Å². The molecule has 0 bridgehead atoms. The van der Waals surface area contributed by atoms with Gasteiger partial charge in [-0.15, -0.1) is 0 Å². The first-order valence-corrected chi connectivity index (χ1v) is 5.73. The van der Waals surface area contributed by atoms with Gasteiger partial charge in [0.2, 0.25) is 0 Å². The highest BCUT2D eigenvalue weighted by Gasteiger charge is 2.28. The number of fused-ring (bicyclic) bond motifs is 1. The van der Waals surface area contributed by atoms with Gasteiger partial charge in [-0.3, -0.25) is 0 Å². The Bertz CT molecular complexity index is 581. The zero-order valence-electron chi connectivity index (χ0n) is 9.61. The molecule has 0 fully saturated rings. The van der Waals surface area contributed by atoms with Gasteiger partial charge in [-0.25, -0.2) is 14.6 Å². The van der Waals surface area contributed by atoms with Crippen LogP contribution >= 0.6 is 0 Å². The third-order valence-electron chi connectivity index (χ3n) is 3.32. The number of hydrogen-bond acceptors (Lipinski definition) is 2. The smallest absolute Gasteiger partial charge is 0.123 e. The summed E-state index contributed by atoms with van der Waals surface area (Å²) in [5.41, 5.74) is 2.63. The Balaban J connectivity index is 1.96. The molecule has 2 aromatic carbocycles. The molecule has 1 heterocycles. The predicted octanol–water partition coefficient (Wildman–Crippen LogP) is 2.94. The zero-order chi connectivity index (χ0) is 12.7. The molecule has 2 nitrogen and oxygen atoms in total. The van der Waals surface area contributed by atoms with Gasteiger partial charge in [-0.05, 0) is 41.5 Å². The second-order valence-corrected chi connectivity index (χ2v) is 4.45. The summed E-state index contributed by atoms with van der Waals surface area (Å²) in [4.78, 5) is 0. The van der Waals surface area contributed by atoms with Crippen LogP contribution in [0.5, 0.6) is 0 Å². The predicted molar refractivity (Wildman–Crippen MR) is 65.9 cm³/mol. The van der Waals surface area contributed by atoms with Crippen molar-refractivity contribution in [2.45, 2.75) is 12.5 Å². The minimum Gasteiger partial charge on any atom is -0.303 e. The fourth-order valence-electron chi connectivity index (χ4n) is 2.41. The van der Waals surface area contributed by atoms with Crippen LogP contribution in [0.2, 0.25) is 0 Å². The summed E-state index contributed by atoms with van der Waals surface area (Å²) >= 11 is 0. The van der Waals surface area contributed by atoms with Gasteiger partial charge >= 0.3 is 0 Å². The van der Waals surface area contributed by atoms with Crippen LogP contribution in [-0.2, 0) is 6.42 Å². The van der Waals surface area contributed by atoms with Crippen LogP contribution in [0.4, 0.5) is 14.5 Å². The minimum atomic E-state index is -0.274. The Labute approximate surface area is 104 Å². The standard InChI is InChI=1S/C14H12F2N2/c15-11-3-1-9(2-4-11)14-8-10-7-12(16)5-6-13(10)18(14)17/h1-7,14H,8,17H2. The highest BCUT2D eigenvalue weighted by Crippen LogP contribution is 2.38. The second-order valence-electron chi connectivity index (χ2n) is 4.45. The lowest BCUT2D eigenvalue weighted by molar-refractivity contribution is 0.622. The number of nitrogens with zero attached hydrogens (tertiary/aromatic N) is 1. The van der Waals surface area contributed by atoms with E-state index in [1.165, 1.54) is 24.3 Å². The van der Waals surface area contributed by atoms with Crippen molar-refractivity contribution in [2.24, 2.45) is 5.84 Å². The van der Waals surface area contributed by atoms with E-state index in [1.54, 1.807) is 23.2 Å². The van der Waals surface area contributed by atoms with Crippen molar-refractivity contribution in [3.05, 3.63) is 65.2 Å². The molecule has 2 aromatic rings. The molecule has 1 aliphatic rings. The van der Waals surface area contributed by atoms with Gasteiger partial charge in [-0.2, -0.15) is 0 Å². The van der Waals surface area contributed by atoms with Crippen LogP contribution in [0.15, 0.2) is 42.5 Å². The fourth-order valence-corrected chi connectivity index (χ4v) is 2.41. The molecule has 0 spiro atoms. The van der Waals surface area contributed by atoms with Gasteiger partial charge in [0.15, 0.2) is 0 Å². The number of benzene rings is 2. The van der Waals surface area contributed by atoms with Crippen molar-refractivity contribution in [3.63, 3.8) is 0 Å². The van der Waals surface area contributed by atoms with E-state index in [0.717, 1.165) is 16.8 Å². The molecule has 18 heavy (non-hydrogen) atoms. The zero-order valence-corrected chi connectivity index (χ0v) is 9.61. The molecule has 92 valence electrons. The fraction of sp³-hybridized carbons (Fsp3) is 0.143. The Morgan fingerprint density at radius 1 is 1.00 bits per heavy atom. The number of hydrogen-bond donors (Lipinski definition) is 1. The maximum atomic E-state index is 13.2. The van der Waals surface area contributed by atoms with Crippen LogP contribution in [0.3, 0.4) is 0 Å². The van der Waals surface area contributed by atoms with Crippen molar-refractivity contribution >= 4 is 5.69 Å². The van der Waals surface area contributed by atoms with E-state index in [2.05, 4.69) is 0 Å². The SMILES string of the molecule is NN1c2ccc(F)cc2CC1c1ccc(F)cc1. The molecule has 0 aliphatic carbocycles. The maximum Gasteiger partial charge on any atom is 0.123 e. The molecule has 0 aromatic heterocycles. The number of halogens is 2. The van der Waals surface area contributed by atoms with Gasteiger partial charge in [0, 0.05) is 6.42 Å². The lowest BCUT2D eigenvalue weighted by Crippen LogP contribution is -2.31. The number of nitrogens with two attached hydrogens (primary N) is 1. The average molecular weight is 246 g/mol. The third-order valence-corrected chi connectivity index (χ3v) is 3.32. The summed E-state index contributed by atoms with van der Waals surface area (Å²) in [6, 6.07) is 10.7. The second kappa shape index (κ2) is 4.07. The summed E-state index contributed by atoms with van der Waals surface area (Å²) < 4.78 is 26.1. The van der Waals surface area contributed by atoms with E-state index < -0.39 is 0 Å². The molecule has 1 aliphatic heterocycles. The summed E-state index contributed by atoms with van der Waals surface area (Å²) in [6.07, 6.45) is 0.634. The number of anilines is 1. The molecular formula is C14H12F2N2. The van der Waals surface area contributed by atoms with Crippen molar-refractivity contribution in [3.8, 4) is 0 Å². The lowest BCUT2D eigenvalue weighted by atomic mass is 10.0. The van der Waals surface area contributed by atoms with Crippen LogP contribution in [-0.4, -0.2) is 0 Å². The van der Waals surface area contributed by atoms with Crippen molar-refractivity contribution in [1.29, 1.82) is 0 Å². The Kier molecular flexibility index (Phi) is 2.52. The lowest BCUT2D eigenvalue weighted by Gasteiger charge is -2.22. The van der Waals surface area contributed by atoms with Crippen LogP contribution in [0, 0.1) is 11.6 Å². The normalized spacial score (nSPS) is 17.9. The first-order valence-electron chi connectivity index (χ1n) is 5.73. The summed E-state index contributed by atoms with van der Waals surface area (Å²) in [6.45, 7) is 0. The summed E-state index contributed by atoms with van der Waals surface area (Å²) in [7, 11) is 0. The molecule has 1 atom stereocenters. The van der Waals surface area contributed by atoms with E-state index in [-0.39, 0.29) is 17.7 Å². The van der Waals surface area contributed by atoms with E-state index in [1.807, 2.05) is 0 Å². The highest BCUT2D eigenvalue weighted by atomic mass is 19.1. The summed E-state index contributed by atoms with van der Waals surface area (Å²) in [5.74, 6) is 5.49. The van der Waals surface area contributed by atoms with Crippen molar-refractivity contribution in [1.82, 2.24) is 0 Å². The molecule has 1 unspecified atom stereocenters.